The number of nitrogens with zero attached hydrogens (tertiary/aromatic N) is 1. The van der Waals surface area contributed by atoms with Crippen LogP contribution in [0.15, 0.2) is 53.7 Å². The lowest BCUT2D eigenvalue weighted by atomic mass is 9.98. The van der Waals surface area contributed by atoms with Crippen molar-refractivity contribution in [1.82, 2.24) is 0 Å². The first-order valence-corrected chi connectivity index (χ1v) is 5.79. The van der Waals surface area contributed by atoms with Crippen LogP contribution in [-0.4, -0.2) is 10.9 Å². The van der Waals surface area contributed by atoms with Gasteiger partial charge < -0.3 is 5.21 Å². The minimum atomic E-state index is 0.689. The summed E-state index contributed by atoms with van der Waals surface area (Å²) in [7, 11) is 0. The van der Waals surface area contributed by atoms with Crippen LogP contribution < -0.4 is 0 Å². The summed E-state index contributed by atoms with van der Waals surface area (Å²) in [5, 5.41) is 12.8. The van der Waals surface area contributed by atoms with Gasteiger partial charge in [0.05, 0.1) is 0 Å². The Labute approximate surface area is 100 Å². The largest absolute Gasteiger partial charge is 0.410 e. The van der Waals surface area contributed by atoms with Gasteiger partial charge in [0, 0.05) is 11.1 Å². The molecule has 1 aliphatic rings. The normalized spacial score (nSPS) is 13.5. The highest BCUT2D eigenvalue weighted by atomic mass is 16.4. The van der Waals surface area contributed by atoms with Crippen molar-refractivity contribution in [3.05, 3.63) is 70.8 Å². The van der Waals surface area contributed by atoms with E-state index in [2.05, 4.69) is 17.3 Å². The lowest BCUT2D eigenvalue weighted by Gasteiger charge is -2.07. The maximum absolute atomic E-state index is 9.30. The van der Waals surface area contributed by atoms with Gasteiger partial charge in [0.15, 0.2) is 0 Å². The van der Waals surface area contributed by atoms with Crippen LogP contribution in [0.3, 0.4) is 0 Å². The smallest absolute Gasteiger partial charge is 0.117 e. The number of fused-ring (bicyclic) bond motifs is 2. The second kappa shape index (κ2) is 4.06. The fraction of sp³-hybridized carbons (Fsp3) is 0.133. The van der Waals surface area contributed by atoms with Crippen molar-refractivity contribution in [2.24, 2.45) is 5.16 Å². The fourth-order valence-corrected chi connectivity index (χ4v) is 2.46. The maximum atomic E-state index is 9.30. The van der Waals surface area contributed by atoms with E-state index in [9.17, 15) is 5.21 Å². The van der Waals surface area contributed by atoms with E-state index >= 15 is 0 Å². The summed E-state index contributed by atoms with van der Waals surface area (Å²) in [5.41, 5.74) is 5.27. The number of aryl methyl sites for hydroxylation is 2. The third-order valence-electron chi connectivity index (χ3n) is 3.31. The zero-order valence-corrected chi connectivity index (χ0v) is 9.43. The minimum absolute atomic E-state index is 0.689. The molecule has 0 aromatic heterocycles. The zero-order valence-electron chi connectivity index (χ0n) is 9.43. The van der Waals surface area contributed by atoms with Gasteiger partial charge in [0.1, 0.15) is 5.71 Å². The summed E-state index contributed by atoms with van der Waals surface area (Å²) in [6.45, 7) is 0. The van der Waals surface area contributed by atoms with Crippen LogP contribution in [0.1, 0.15) is 22.3 Å². The third kappa shape index (κ3) is 1.62. The molecule has 1 aliphatic carbocycles. The van der Waals surface area contributed by atoms with Crippen LogP contribution in [0.4, 0.5) is 0 Å². The predicted octanol–water partition coefficient (Wildman–Crippen LogP) is 3.01. The third-order valence-corrected chi connectivity index (χ3v) is 3.31. The summed E-state index contributed by atoms with van der Waals surface area (Å²) in [5.74, 6) is 0. The van der Waals surface area contributed by atoms with Crippen molar-refractivity contribution in [2.45, 2.75) is 12.8 Å². The van der Waals surface area contributed by atoms with Crippen LogP contribution in [0.2, 0.25) is 0 Å². The Kier molecular flexibility index (Phi) is 2.41. The van der Waals surface area contributed by atoms with E-state index in [4.69, 9.17) is 0 Å². The number of benzene rings is 2. The molecule has 84 valence electrons. The first-order chi connectivity index (χ1) is 8.40. The zero-order chi connectivity index (χ0) is 11.7. The molecule has 0 amide bonds. The summed E-state index contributed by atoms with van der Waals surface area (Å²) in [6.07, 6.45) is 1.98. The predicted molar refractivity (Wildman–Crippen MR) is 67.7 cm³/mol. The molecule has 1 N–H and O–H groups in total. The Morgan fingerprint density at radius 1 is 0.765 bits per heavy atom. The second-order valence-electron chi connectivity index (χ2n) is 4.26. The number of hydrogen-bond donors (Lipinski definition) is 1. The maximum Gasteiger partial charge on any atom is 0.117 e. The molecule has 0 spiro atoms. The molecule has 0 fully saturated rings. The van der Waals surface area contributed by atoms with E-state index in [1.807, 2.05) is 36.4 Å². The minimum Gasteiger partial charge on any atom is -0.410 e. The molecular weight excluding hydrogens is 210 g/mol. The first kappa shape index (κ1) is 10.1. The van der Waals surface area contributed by atoms with E-state index in [0.29, 0.717) is 5.71 Å². The molecular formula is C15H13NO. The average molecular weight is 223 g/mol. The van der Waals surface area contributed by atoms with Crippen molar-refractivity contribution in [3.63, 3.8) is 0 Å². The molecule has 2 aromatic carbocycles. The Morgan fingerprint density at radius 3 is 1.71 bits per heavy atom. The number of hydrogen-bond acceptors (Lipinski definition) is 2. The second-order valence-corrected chi connectivity index (χ2v) is 4.26. The molecule has 0 bridgehead atoms. The molecule has 0 aliphatic heterocycles. The SMILES string of the molecule is ON=C1c2ccccc2CCc2ccccc21. The van der Waals surface area contributed by atoms with Crippen molar-refractivity contribution in [3.8, 4) is 0 Å². The van der Waals surface area contributed by atoms with E-state index in [1.165, 1.54) is 11.1 Å². The molecule has 2 aromatic rings. The van der Waals surface area contributed by atoms with Crippen LogP contribution in [-0.2, 0) is 12.8 Å². The Morgan fingerprint density at radius 2 is 1.24 bits per heavy atom. The summed E-state index contributed by atoms with van der Waals surface area (Å²) >= 11 is 0. The van der Waals surface area contributed by atoms with Crippen molar-refractivity contribution in [1.29, 1.82) is 0 Å². The van der Waals surface area contributed by atoms with Gasteiger partial charge in [-0.1, -0.05) is 53.7 Å². The highest BCUT2D eigenvalue weighted by molar-refractivity contribution is 6.14. The molecule has 0 heterocycles. The topological polar surface area (TPSA) is 32.6 Å². The lowest BCUT2D eigenvalue weighted by molar-refractivity contribution is 0.319. The van der Waals surface area contributed by atoms with Crippen molar-refractivity contribution in [2.75, 3.05) is 0 Å². The number of oxime groups is 1. The van der Waals surface area contributed by atoms with Gasteiger partial charge in [-0.15, -0.1) is 0 Å². The quantitative estimate of drug-likeness (QED) is 0.540. The van der Waals surface area contributed by atoms with E-state index < -0.39 is 0 Å². The van der Waals surface area contributed by atoms with Crippen molar-refractivity contribution < 1.29 is 5.21 Å². The molecule has 0 unspecified atom stereocenters. The van der Waals surface area contributed by atoms with Gasteiger partial charge in [-0.3, -0.25) is 0 Å². The highest BCUT2D eigenvalue weighted by Crippen LogP contribution is 2.24. The Bertz CT molecular complexity index is 537. The summed E-state index contributed by atoms with van der Waals surface area (Å²) in [4.78, 5) is 0. The Hall–Kier alpha value is -2.09. The van der Waals surface area contributed by atoms with E-state index in [-0.39, 0.29) is 0 Å². The van der Waals surface area contributed by atoms with E-state index in [0.717, 1.165) is 24.0 Å². The van der Waals surface area contributed by atoms with Crippen molar-refractivity contribution >= 4 is 5.71 Å². The van der Waals surface area contributed by atoms with Crippen LogP contribution in [0.25, 0.3) is 0 Å². The molecule has 0 atom stereocenters. The molecule has 17 heavy (non-hydrogen) atoms. The molecule has 0 saturated heterocycles. The summed E-state index contributed by atoms with van der Waals surface area (Å²) < 4.78 is 0. The fourth-order valence-electron chi connectivity index (χ4n) is 2.46. The highest BCUT2D eigenvalue weighted by Gasteiger charge is 2.18. The summed E-state index contributed by atoms with van der Waals surface area (Å²) in [6, 6.07) is 16.3. The molecule has 0 saturated carbocycles. The van der Waals surface area contributed by atoms with Gasteiger partial charge in [-0.2, -0.15) is 0 Å². The standard InChI is InChI=1S/C15H13NO/c17-16-15-13-7-3-1-5-11(13)9-10-12-6-2-4-8-14(12)15/h1-8,17H,9-10H2. The molecule has 0 radical (unpaired) electrons. The van der Waals surface area contributed by atoms with Gasteiger partial charge in [-0.05, 0) is 24.0 Å². The van der Waals surface area contributed by atoms with Crippen LogP contribution in [0.5, 0.6) is 0 Å². The van der Waals surface area contributed by atoms with Gasteiger partial charge >= 0.3 is 0 Å². The Balaban J connectivity index is 2.27. The lowest BCUT2D eigenvalue weighted by Crippen LogP contribution is -2.05. The number of rotatable bonds is 0. The van der Waals surface area contributed by atoms with Gasteiger partial charge in [0.25, 0.3) is 0 Å². The first-order valence-electron chi connectivity index (χ1n) is 5.79. The molecule has 2 heteroatoms. The van der Waals surface area contributed by atoms with Gasteiger partial charge in [0.2, 0.25) is 0 Å². The van der Waals surface area contributed by atoms with Crippen LogP contribution in [0, 0.1) is 0 Å². The molecule has 3 rings (SSSR count). The molecule has 2 nitrogen and oxygen atoms in total. The van der Waals surface area contributed by atoms with Crippen LogP contribution >= 0.6 is 0 Å². The average Bonchev–Trinajstić information content (AvgIpc) is 2.55. The van der Waals surface area contributed by atoms with E-state index in [1.54, 1.807) is 0 Å². The monoisotopic (exact) mass is 223 g/mol. The van der Waals surface area contributed by atoms with Gasteiger partial charge in [-0.25, -0.2) is 0 Å².